The van der Waals surface area contributed by atoms with Crippen LogP contribution in [0.1, 0.15) is 63.6 Å². The Bertz CT molecular complexity index is 6110. The molecule has 6 heteroatoms. The van der Waals surface area contributed by atoms with E-state index in [2.05, 4.69) is 322 Å². The lowest BCUT2D eigenvalue weighted by molar-refractivity contribution is 0.590. The van der Waals surface area contributed by atoms with Crippen LogP contribution in [0.5, 0.6) is 0 Å². The van der Waals surface area contributed by atoms with Gasteiger partial charge in [-0.1, -0.05) is 242 Å². The van der Waals surface area contributed by atoms with E-state index in [9.17, 15) is 8.22 Å². The molecule has 14 aromatic carbocycles. The van der Waals surface area contributed by atoms with Gasteiger partial charge >= 0.3 is 0 Å². The Labute approximate surface area is 585 Å². The maximum atomic E-state index is 9.73. The Morgan fingerprint density at radius 1 is 0.306 bits per heavy atom. The summed E-state index contributed by atoms with van der Waals surface area (Å²) < 4.78 is 78.8. The van der Waals surface area contributed by atoms with E-state index >= 15 is 0 Å². The van der Waals surface area contributed by atoms with Gasteiger partial charge in [0.25, 0.3) is 6.71 Å². The number of nitrogens with zero attached hydrogens (tertiary/aromatic N) is 5. The molecule has 2 aromatic heterocycles. The van der Waals surface area contributed by atoms with E-state index in [1.54, 1.807) is 4.57 Å². The standard InChI is InChI=1S/C92H72BN5/c1-91(2,3)66-44-50-84(77(55-66)63-32-16-9-17-33-63)98-87-60-72(96-83-43-27-24-40-76(83)78-58-70(47-51-85(78)96)94(68-34-18-10-19-35-68)69-36-20-11-21-37-69)46-49-80(87)93-79-48-45-71(95-81-41-25-22-38-74(81)75-39-23-26-42-82(75)95)59-86(79)97(88-56-67(92(4,5)6)57-89(98)90(88)93)73-53-64(61-28-12-7-13-29-61)52-65(54-73)62-30-14-8-15-31-62/h7-60H,1-6H3/i22D,23D,25D,26D,38D,39D,41D,42D. The molecule has 5 nitrogen and oxygen atoms in total. The minimum atomic E-state index is -0.495. The number of aromatic nitrogens is 2. The lowest BCUT2D eigenvalue weighted by atomic mass is 9.33. The Morgan fingerprint density at radius 2 is 0.786 bits per heavy atom. The average molecular weight is 1270 g/mol. The van der Waals surface area contributed by atoms with Crippen molar-refractivity contribution < 1.29 is 11.0 Å². The third-order valence-electron chi connectivity index (χ3n) is 20.0. The molecule has 0 bridgehead atoms. The molecule has 98 heavy (non-hydrogen) atoms. The van der Waals surface area contributed by atoms with E-state index in [1.165, 1.54) is 5.56 Å². The molecule has 2 aliphatic rings. The summed E-state index contributed by atoms with van der Waals surface area (Å²) in [5, 5.41) is 2.25. The van der Waals surface area contributed by atoms with Crippen LogP contribution in [-0.4, -0.2) is 15.8 Å². The Kier molecular flexibility index (Phi) is 11.8. The van der Waals surface area contributed by atoms with Crippen molar-refractivity contribution in [2.24, 2.45) is 0 Å². The first kappa shape index (κ1) is 50.6. The SMILES string of the molecule is [2H]c1c([2H])c([2H])c2c(c1[2H])c1c([2H])c([2H])c([2H])c([2H])c1n2-c1ccc2c(c1)N(c1cc(-c3ccccc3)cc(-c3ccccc3)c1)c1cc(C(C)(C)C)cc3c1B2c1ccc(-n2c4ccccc4c4cc(N(c5ccccc5)c5ccccc5)ccc42)cc1N3c1ccc(C(C)(C)C)cc1-c1ccccc1. The molecule has 0 unspecified atom stereocenters. The fraction of sp³-hybridized carbons (Fsp3) is 0.0870. The normalized spacial score (nSPS) is 13.9. The first-order valence-electron chi connectivity index (χ1n) is 37.7. The molecule has 0 saturated heterocycles. The van der Waals surface area contributed by atoms with Gasteiger partial charge in [0.15, 0.2) is 0 Å². The van der Waals surface area contributed by atoms with Gasteiger partial charge in [-0.15, -0.1) is 0 Å². The predicted molar refractivity (Wildman–Crippen MR) is 418 cm³/mol. The van der Waals surface area contributed by atoms with Gasteiger partial charge in [0.1, 0.15) is 0 Å². The maximum Gasteiger partial charge on any atom is 0.252 e. The van der Waals surface area contributed by atoms with E-state index in [0.717, 1.165) is 134 Å². The van der Waals surface area contributed by atoms with Gasteiger partial charge in [-0.2, -0.15) is 0 Å². The minimum absolute atomic E-state index is 0.0167. The van der Waals surface area contributed by atoms with Crippen LogP contribution in [0.2, 0.25) is 0 Å². The number of rotatable bonds is 10. The van der Waals surface area contributed by atoms with Gasteiger partial charge in [0.05, 0.1) is 38.7 Å². The Hall–Kier alpha value is -11.9. The summed E-state index contributed by atoms with van der Waals surface area (Å²) in [6, 6.07) is 96.5. The lowest BCUT2D eigenvalue weighted by Crippen LogP contribution is -2.61. The van der Waals surface area contributed by atoms with Gasteiger partial charge in [-0.05, 0) is 194 Å². The minimum Gasteiger partial charge on any atom is -0.311 e. The monoisotopic (exact) mass is 1270 g/mol. The van der Waals surface area contributed by atoms with E-state index < -0.39 is 36.3 Å². The first-order chi connectivity index (χ1) is 51.2. The van der Waals surface area contributed by atoms with Crippen LogP contribution in [0.25, 0.3) is 88.4 Å². The number of benzene rings is 14. The van der Waals surface area contributed by atoms with Crippen molar-refractivity contribution in [3.63, 3.8) is 0 Å². The zero-order valence-corrected chi connectivity index (χ0v) is 55.4. The van der Waals surface area contributed by atoms with Crippen molar-refractivity contribution >= 4 is 118 Å². The molecule has 0 radical (unpaired) electrons. The van der Waals surface area contributed by atoms with Crippen molar-refractivity contribution in [1.29, 1.82) is 0 Å². The Morgan fingerprint density at radius 3 is 1.35 bits per heavy atom. The molecule has 18 rings (SSSR count). The second-order valence-corrected chi connectivity index (χ2v) is 28.0. The highest BCUT2D eigenvalue weighted by molar-refractivity contribution is 7.00. The zero-order valence-electron chi connectivity index (χ0n) is 63.4. The molecule has 16 aromatic rings. The molecule has 0 saturated carbocycles. The van der Waals surface area contributed by atoms with E-state index in [0.29, 0.717) is 5.69 Å². The highest BCUT2D eigenvalue weighted by atomic mass is 15.2. The Balaban J connectivity index is 0.966. The van der Waals surface area contributed by atoms with Crippen molar-refractivity contribution in [3.8, 4) is 44.8 Å². The summed E-state index contributed by atoms with van der Waals surface area (Å²) in [5.74, 6) is 0. The quantitative estimate of drug-likeness (QED) is 0.127. The number of fused-ring (bicyclic) bond motifs is 10. The van der Waals surface area contributed by atoms with Crippen LogP contribution in [0, 0.1) is 0 Å². The fourth-order valence-corrected chi connectivity index (χ4v) is 15.3. The molecule has 0 N–H and O–H groups in total. The predicted octanol–water partition coefficient (Wildman–Crippen LogP) is 23.0. The first-order valence-corrected chi connectivity index (χ1v) is 33.7. The lowest BCUT2D eigenvalue weighted by Gasteiger charge is -2.45. The van der Waals surface area contributed by atoms with Gasteiger partial charge in [-0.25, -0.2) is 0 Å². The summed E-state index contributed by atoms with van der Waals surface area (Å²) in [5.41, 5.74) is 23.2. The number of para-hydroxylation sites is 5. The summed E-state index contributed by atoms with van der Waals surface area (Å²) >= 11 is 0. The summed E-state index contributed by atoms with van der Waals surface area (Å²) in [6.07, 6.45) is 0. The van der Waals surface area contributed by atoms with Crippen molar-refractivity contribution in [1.82, 2.24) is 9.13 Å². The summed E-state index contributed by atoms with van der Waals surface area (Å²) in [7, 11) is 0. The van der Waals surface area contributed by atoms with Crippen LogP contribution in [0.3, 0.4) is 0 Å². The highest BCUT2D eigenvalue weighted by Gasteiger charge is 2.45. The molecule has 0 amide bonds. The molecule has 0 fully saturated rings. The van der Waals surface area contributed by atoms with Crippen LogP contribution in [0.4, 0.5) is 51.2 Å². The number of hydrogen-bond donors (Lipinski definition) is 0. The van der Waals surface area contributed by atoms with Crippen molar-refractivity contribution in [2.45, 2.75) is 52.4 Å². The molecule has 2 aliphatic heterocycles. The largest absolute Gasteiger partial charge is 0.311 e. The van der Waals surface area contributed by atoms with Crippen LogP contribution < -0.4 is 31.1 Å². The summed E-state index contributed by atoms with van der Waals surface area (Å²) in [6.45, 7) is 13.2. The molecule has 0 spiro atoms. The molecule has 468 valence electrons. The number of hydrogen-bond acceptors (Lipinski definition) is 3. The molecule has 0 aliphatic carbocycles. The molecular weight excluding hydrogens is 1190 g/mol. The maximum absolute atomic E-state index is 9.73. The van der Waals surface area contributed by atoms with Gasteiger partial charge in [0, 0.05) is 84.0 Å². The molecule has 4 heterocycles. The van der Waals surface area contributed by atoms with Crippen LogP contribution >= 0.6 is 0 Å². The summed E-state index contributed by atoms with van der Waals surface area (Å²) in [4.78, 5) is 7.23. The van der Waals surface area contributed by atoms with E-state index in [1.807, 2.05) is 18.2 Å². The van der Waals surface area contributed by atoms with Crippen molar-refractivity contribution in [2.75, 3.05) is 14.7 Å². The third kappa shape index (κ3) is 9.68. The van der Waals surface area contributed by atoms with E-state index in [4.69, 9.17) is 2.74 Å². The highest BCUT2D eigenvalue weighted by Crippen LogP contribution is 2.51. The number of anilines is 9. The van der Waals surface area contributed by atoms with Crippen molar-refractivity contribution in [3.05, 3.63) is 339 Å². The second-order valence-electron chi connectivity index (χ2n) is 28.0. The van der Waals surface area contributed by atoms with Crippen LogP contribution in [0.15, 0.2) is 327 Å². The molecule has 0 atom stereocenters. The van der Waals surface area contributed by atoms with Gasteiger partial charge in [-0.3, -0.25) is 0 Å². The smallest absolute Gasteiger partial charge is 0.252 e. The van der Waals surface area contributed by atoms with Gasteiger partial charge in [0.2, 0.25) is 0 Å². The van der Waals surface area contributed by atoms with Crippen LogP contribution in [-0.2, 0) is 10.8 Å². The second kappa shape index (κ2) is 22.9. The fourth-order valence-electron chi connectivity index (χ4n) is 15.3. The average Bonchev–Trinajstić information content (AvgIpc) is 1.06. The topological polar surface area (TPSA) is 19.6 Å². The molecular formula is C92H72BN5. The van der Waals surface area contributed by atoms with E-state index in [-0.39, 0.29) is 51.4 Å². The zero-order chi connectivity index (χ0) is 72.9. The third-order valence-corrected chi connectivity index (χ3v) is 20.0. The van der Waals surface area contributed by atoms with Gasteiger partial charge < -0.3 is 23.8 Å².